The number of hydrogen-bond donors (Lipinski definition) is 0. The summed E-state index contributed by atoms with van der Waals surface area (Å²) in [5.74, 6) is 2.35. The summed E-state index contributed by atoms with van der Waals surface area (Å²) in [6.07, 6.45) is 1.60. The number of amides is 1. The number of benzene rings is 1. The van der Waals surface area contributed by atoms with Crippen LogP contribution in [-0.2, 0) is 11.3 Å². The van der Waals surface area contributed by atoms with Crippen LogP contribution in [0.5, 0.6) is 11.5 Å². The van der Waals surface area contributed by atoms with Crippen molar-refractivity contribution in [2.75, 3.05) is 31.3 Å². The maximum Gasteiger partial charge on any atom is 0.242 e. The molecule has 2 aliphatic rings. The number of anilines is 1. The Kier molecular flexibility index (Phi) is 3.90. The number of aromatic nitrogens is 1. The van der Waals surface area contributed by atoms with Gasteiger partial charge in [-0.25, -0.2) is 4.98 Å². The number of fused-ring (bicyclic) bond motifs is 1. The molecule has 0 saturated carbocycles. The SMILES string of the molecule is O=C1CN(c2ccc(Cl)cn2)CCN1Cc1ccc2c(c1)OCO2. The average molecular weight is 346 g/mol. The van der Waals surface area contributed by atoms with E-state index in [9.17, 15) is 4.79 Å². The summed E-state index contributed by atoms with van der Waals surface area (Å²) < 4.78 is 10.7. The van der Waals surface area contributed by atoms with Crippen LogP contribution < -0.4 is 14.4 Å². The highest BCUT2D eigenvalue weighted by Gasteiger charge is 2.25. The van der Waals surface area contributed by atoms with Crippen LogP contribution in [0, 0.1) is 0 Å². The van der Waals surface area contributed by atoms with Crippen LogP contribution in [0.25, 0.3) is 0 Å². The fourth-order valence-electron chi connectivity index (χ4n) is 2.89. The maximum absolute atomic E-state index is 12.5. The van der Waals surface area contributed by atoms with Gasteiger partial charge in [-0.15, -0.1) is 0 Å². The second-order valence-electron chi connectivity index (χ2n) is 5.76. The number of hydrogen-bond acceptors (Lipinski definition) is 5. The van der Waals surface area contributed by atoms with E-state index >= 15 is 0 Å². The maximum atomic E-state index is 12.5. The number of piperazine rings is 1. The average Bonchev–Trinajstić information content (AvgIpc) is 3.05. The van der Waals surface area contributed by atoms with Crippen LogP contribution in [0.2, 0.25) is 5.02 Å². The minimum Gasteiger partial charge on any atom is -0.454 e. The highest BCUT2D eigenvalue weighted by Crippen LogP contribution is 2.33. The van der Waals surface area contributed by atoms with E-state index in [4.69, 9.17) is 21.1 Å². The van der Waals surface area contributed by atoms with Crippen molar-refractivity contribution in [3.8, 4) is 11.5 Å². The molecule has 0 unspecified atom stereocenters. The zero-order valence-electron chi connectivity index (χ0n) is 12.9. The number of pyridine rings is 1. The molecule has 0 N–H and O–H groups in total. The van der Waals surface area contributed by atoms with Gasteiger partial charge in [0.2, 0.25) is 12.7 Å². The lowest BCUT2D eigenvalue weighted by atomic mass is 10.1. The third kappa shape index (κ3) is 2.97. The number of carbonyl (C=O) groups excluding carboxylic acids is 1. The van der Waals surface area contributed by atoms with Crippen LogP contribution in [-0.4, -0.2) is 42.2 Å². The van der Waals surface area contributed by atoms with E-state index in [1.807, 2.05) is 34.1 Å². The lowest BCUT2D eigenvalue weighted by Crippen LogP contribution is -2.50. The molecule has 1 fully saturated rings. The van der Waals surface area contributed by atoms with Gasteiger partial charge in [-0.2, -0.15) is 0 Å². The standard InChI is InChI=1S/C17H16ClN3O3/c18-13-2-4-16(19-8-13)20-5-6-21(17(22)10-20)9-12-1-3-14-15(7-12)24-11-23-14/h1-4,7-8H,5-6,9-11H2. The van der Waals surface area contributed by atoms with E-state index in [0.717, 1.165) is 29.4 Å². The summed E-state index contributed by atoms with van der Waals surface area (Å²) in [6.45, 7) is 2.53. The van der Waals surface area contributed by atoms with Gasteiger partial charge in [-0.1, -0.05) is 17.7 Å². The van der Waals surface area contributed by atoms with E-state index < -0.39 is 0 Å². The first kappa shape index (κ1) is 15.1. The molecule has 0 atom stereocenters. The molecule has 0 aliphatic carbocycles. The van der Waals surface area contributed by atoms with E-state index in [1.165, 1.54) is 0 Å². The Hall–Kier alpha value is -2.47. The van der Waals surface area contributed by atoms with Crippen molar-refractivity contribution in [2.24, 2.45) is 0 Å². The van der Waals surface area contributed by atoms with Gasteiger partial charge in [-0.05, 0) is 29.8 Å². The van der Waals surface area contributed by atoms with Crippen molar-refractivity contribution in [2.45, 2.75) is 6.54 Å². The molecule has 124 valence electrons. The van der Waals surface area contributed by atoms with E-state index in [-0.39, 0.29) is 12.7 Å². The lowest BCUT2D eigenvalue weighted by molar-refractivity contribution is -0.131. The van der Waals surface area contributed by atoms with Gasteiger partial charge < -0.3 is 19.3 Å². The molecule has 0 radical (unpaired) electrons. The van der Waals surface area contributed by atoms with Crippen LogP contribution in [0.3, 0.4) is 0 Å². The summed E-state index contributed by atoms with van der Waals surface area (Å²) in [4.78, 5) is 20.6. The number of nitrogens with zero attached hydrogens (tertiary/aromatic N) is 3. The molecular weight excluding hydrogens is 330 g/mol. The quantitative estimate of drug-likeness (QED) is 0.854. The van der Waals surface area contributed by atoms with E-state index in [2.05, 4.69) is 4.98 Å². The first-order valence-corrected chi connectivity index (χ1v) is 8.10. The predicted molar refractivity (Wildman–Crippen MR) is 89.4 cm³/mol. The Morgan fingerprint density at radius 1 is 1.12 bits per heavy atom. The van der Waals surface area contributed by atoms with Crippen molar-refractivity contribution in [1.29, 1.82) is 0 Å². The van der Waals surface area contributed by atoms with Gasteiger partial charge in [0.1, 0.15) is 5.82 Å². The van der Waals surface area contributed by atoms with Gasteiger partial charge in [0, 0.05) is 25.8 Å². The third-order valence-corrected chi connectivity index (χ3v) is 4.39. The first-order chi connectivity index (χ1) is 11.7. The second-order valence-corrected chi connectivity index (χ2v) is 6.20. The highest BCUT2D eigenvalue weighted by molar-refractivity contribution is 6.30. The fourth-order valence-corrected chi connectivity index (χ4v) is 3.00. The second kappa shape index (κ2) is 6.20. The summed E-state index contributed by atoms with van der Waals surface area (Å²) in [5.41, 5.74) is 1.03. The van der Waals surface area contributed by atoms with Gasteiger partial charge in [0.25, 0.3) is 0 Å². The van der Waals surface area contributed by atoms with Crippen LogP contribution in [0.15, 0.2) is 36.5 Å². The van der Waals surface area contributed by atoms with Crippen molar-refractivity contribution in [3.63, 3.8) is 0 Å². The molecule has 2 aliphatic heterocycles. The van der Waals surface area contributed by atoms with Crippen LogP contribution in [0.4, 0.5) is 5.82 Å². The number of carbonyl (C=O) groups is 1. The molecule has 6 nitrogen and oxygen atoms in total. The molecule has 4 rings (SSSR count). The van der Waals surface area contributed by atoms with Gasteiger partial charge in [0.15, 0.2) is 11.5 Å². The molecule has 24 heavy (non-hydrogen) atoms. The molecule has 1 aromatic carbocycles. The minimum atomic E-state index is 0.0793. The molecule has 0 bridgehead atoms. The third-order valence-electron chi connectivity index (χ3n) is 4.16. The molecule has 0 spiro atoms. The minimum absolute atomic E-state index is 0.0793. The summed E-state index contributed by atoms with van der Waals surface area (Å²) >= 11 is 5.86. The van der Waals surface area contributed by atoms with E-state index in [1.54, 1.807) is 12.3 Å². The van der Waals surface area contributed by atoms with Gasteiger partial charge in [0.05, 0.1) is 11.6 Å². The largest absolute Gasteiger partial charge is 0.454 e. The molecule has 7 heteroatoms. The Labute approximate surface area is 144 Å². The van der Waals surface area contributed by atoms with Crippen molar-refractivity contribution in [3.05, 3.63) is 47.1 Å². The predicted octanol–water partition coefficient (Wildman–Crippen LogP) is 2.31. The number of rotatable bonds is 3. The zero-order valence-corrected chi connectivity index (χ0v) is 13.7. The normalized spacial score (nSPS) is 16.6. The van der Waals surface area contributed by atoms with Crippen molar-refractivity contribution in [1.82, 2.24) is 9.88 Å². The summed E-state index contributed by atoms with van der Waals surface area (Å²) in [5, 5.41) is 0.589. The molecule has 3 heterocycles. The Bertz CT molecular complexity index is 766. The van der Waals surface area contributed by atoms with Crippen LogP contribution >= 0.6 is 11.6 Å². The van der Waals surface area contributed by atoms with E-state index in [0.29, 0.717) is 24.7 Å². The topological polar surface area (TPSA) is 54.9 Å². The fraction of sp³-hybridized carbons (Fsp3) is 0.294. The Morgan fingerprint density at radius 3 is 2.79 bits per heavy atom. The van der Waals surface area contributed by atoms with Crippen molar-refractivity contribution < 1.29 is 14.3 Å². The van der Waals surface area contributed by atoms with Crippen LogP contribution in [0.1, 0.15) is 5.56 Å². The van der Waals surface area contributed by atoms with Gasteiger partial charge in [-0.3, -0.25) is 4.79 Å². The Morgan fingerprint density at radius 2 is 2.00 bits per heavy atom. The molecular formula is C17H16ClN3O3. The first-order valence-electron chi connectivity index (χ1n) is 7.72. The molecule has 1 aromatic heterocycles. The molecule has 1 saturated heterocycles. The number of ether oxygens (including phenoxy) is 2. The summed E-state index contributed by atoms with van der Waals surface area (Å²) in [7, 11) is 0. The zero-order chi connectivity index (χ0) is 16.5. The lowest BCUT2D eigenvalue weighted by Gasteiger charge is -2.35. The van der Waals surface area contributed by atoms with Gasteiger partial charge >= 0.3 is 0 Å². The smallest absolute Gasteiger partial charge is 0.242 e. The Balaban J connectivity index is 1.42. The summed E-state index contributed by atoms with van der Waals surface area (Å²) in [6, 6.07) is 9.41. The molecule has 2 aromatic rings. The number of halogens is 1. The monoisotopic (exact) mass is 345 g/mol. The highest BCUT2D eigenvalue weighted by atomic mass is 35.5. The molecule has 1 amide bonds. The van der Waals surface area contributed by atoms with Crippen molar-refractivity contribution >= 4 is 23.3 Å².